The molecule has 1 aliphatic heterocycles. The Hall–Kier alpha value is -1.12. The van der Waals surface area contributed by atoms with Crippen LogP contribution < -0.4 is 0 Å². The van der Waals surface area contributed by atoms with Crippen LogP contribution in [0.1, 0.15) is 71.6 Å². The predicted molar refractivity (Wildman–Crippen MR) is 71.0 cm³/mol. The molecular weight excluding hydrogens is 228 g/mol. The molecule has 102 valence electrons. The van der Waals surface area contributed by atoms with Crippen molar-refractivity contribution >= 4 is 11.9 Å². The van der Waals surface area contributed by atoms with Crippen LogP contribution >= 0.6 is 0 Å². The topological polar surface area (TPSA) is 43.4 Å². The zero-order valence-electron chi connectivity index (χ0n) is 11.6. The van der Waals surface area contributed by atoms with Gasteiger partial charge >= 0.3 is 11.9 Å². The zero-order chi connectivity index (χ0) is 13.4. The van der Waals surface area contributed by atoms with Gasteiger partial charge < -0.3 is 4.74 Å². The van der Waals surface area contributed by atoms with Crippen LogP contribution in [0.25, 0.3) is 0 Å². The summed E-state index contributed by atoms with van der Waals surface area (Å²) in [7, 11) is 0. The fraction of sp³-hybridized carbons (Fsp3) is 0.733. The normalized spacial score (nSPS) is 15.4. The Labute approximate surface area is 110 Å². The maximum Gasteiger partial charge on any atom is 0.342 e. The van der Waals surface area contributed by atoms with Gasteiger partial charge in [0.2, 0.25) is 0 Å². The molecule has 0 unspecified atom stereocenters. The van der Waals surface area contributed by atoms with E-state index in [1.54, 1.807) is 0 Å². The van der Waals surface area contributed by atoms with Crippen molar-refractivity contribution in [3.8, 4) is 0 Å². The number of ether oxygens (including phenoxy) is 1. The van der Waals surface area contributed by atoms with E-state index in [1.165, 1.54) is 12.8 Å². The van der Waals surface area contributed by atoms with Crippen molar-refractivity contribution in [1.82, 2.24) is 0 Å². The highest BCUT2D eigenvalue weighted by Gasteiger charge is 2.31. The van der Waals surface area contributed by atoms with Crippen molar-refractivity contribution in [3.63, 3.8) is 0 Å². The molecular formula is C15H24O3. The molecule has 0 amide bonds. The molecule has 0 bridgehead atoms. The van der Waals surface area contributed by atoms with E-state index in [-0.39, 0.29) is 0 Å². The molecule has 0 aliphatic carbocycles. The van der Waals surface area contributed by atoms with E-state index in [0.717, 1.165) is 32.1 Å². The van der Waals surface area contributed by atoms with Crippen molar-refractivity contribution in [2.75, 3.05) is 0 Å². The Morgan fingerprint density at radius 2 is 1.17 bits per heavy atom. The van der Waals surface area contributed by atoms with E-state index >= 15 is 0 Å². The number of hydrogen-bond donors (Lipinski definition) is 0. The number of carbonyl (C=O) groups excluding carboxylic acids is 2. The lowest BCUT2D eigenvalue weighted by Crippen LogP contribution is -2.02. The summed E-state index contributed by atoms with van der Waals surface area (Å²) in [6, 6.07) is 0. The first-order valence-electron chi connectivity index (χ1n) is 7.19. The van der Waals surface area contributed by atoms with Gasteiger partial charge in [0.1, 0.15) is 0 Å². The molecule has 0 radical (unpaired) electrons. The number of cyclic esters (lactones) is 2. The van der Waals surface area contributed by atoms with Crippen molar-refractivity contribution in [3.05, 3.63) is 11.1 Å². The van der Waals surface area contributed by atoms with Crippen molar-refractivity contribution in [2.45, 2.75) is 71.6 Å². The summed E-state index contributed by atoms with van der Waals surface area (Å²) in [4.78, 5) is 23.2. The van der Waals surface area contributed by atoms with Crippen LogP contribution in [-0.2, 0) is 14.3 Å². The van der Waals surface area contributed by atoms with Crippen LogP contribution in [0.2, 0.25) is 0 Å². The van der Waals surface area contributed by atoms with Gasteiger partial charge in [0.15, 0.2) is 0 Å². The number of hydrogen-bond acceptors (Lipinski definition) is 3. The van der Waals surface area contributed by atoms with Gasteiger partial charge in [0.25, 0.3) is 0 Å². The Morgan fingerprint density at radius 3 is 1.67 bits per heavy atom. The first kappa shape index (κ1) is 14.9. The molecule has 3 heteroatoms. The smallest absolute Gasteiger partial charge is 0.342 e. The highest BCUT2D eigenvalue weighted by atomic mass is 16.6. The second kappa shape index (κ2) is 8.06. The van der Waals surface area contributed by atoms with Crippen LogP contribution in [0.5, 0.6) is 0 Å². The molecule has 1 aliphatic rings. The number of unbranched alkanes of at least 4 members (excludes halogenated alkanes) is 5. The average Bonchev–Trinajstić information content (AvgIpc) is 2.61. The van der Waals surface area contributed by atoms with E-state index in [2.05, 4.69) is 13.8 Å². The minimum Gasteiger partial charge on any atom is -0.386 e. The molecule has 0 aromatic rings. The van der Waals surface area contributed by atoms with E-state index in [0.29, 0.717) is 24.0 Å². The minimum absolute atomic E-state index is 0.400. The largest absolute Gasteiger partial charge is 0.386 e. The Kier molecular flexibility index (Phi) is 6.69. The number of rotatable bonds is 9. The quantitative estimate of drug-likeness (QED) is 0.355. The lowest BCUT2D eigenvalue weighted by atomic mass is 9.99. The van der Waals surface area contributed by atoms with Gasteiger partial charge in [-0.1, -0.05) is 46.0 Å². The maximum atomic E-state index is 11.6. The second-order valence-electron chi connectivity index (χ2n) is 4.90. The molecule has 0 saturated carbocycles. The van der Waals surface area contributed by atoms with Crippen LogP contribution in [-0.4, -0.2) is 11.9 Å². The first-order chi connectivity index (χ1) is 8.70. The van der Waals surface area contributed by atoms with Crippen LogP contribution in [0.15, 0.2) is 11.1 Å². The molecule has 0 atom stereocenters. The number of carbonyl (C=O) groups is 2. The summed E-state index contributed by atoms with van der Waals surface area (Å²) in [5, 5.41) is 0. The molecule has 1 rings (SSSR count). The lowest BCUT2D eigenvalue weighted by Gasteiger charge is -2.02. The van der Waals surface area contributed by atoms with Crippen molar-refractivity contribution in [1.29, 1.82) is 0 Å². The first-order valence-corrected chi connectivity index (χ1v) is 7.19. The third kappa shape index (κ3) is 4.28. The third-order valence-corrected chi connectivity index (χ3v) is 3.35. The SMILES string of the molecule is CCCCCCC1=C(CCCCC)C(=O)OC1=O. The molecule has 0 aromatic carbocycles. The second-order valence-corrected chi connectivity index (χ2v) is 4.90. The number of esters is 2. The Bertz CT molecular complexity index is 329. The van der Waals surface area contributed by atoms with Crippen molar-refractivity contribution < 1.29 is 14.3 Å². The van der Waals surface area contributed by atoms with Gasteiger partial charge in [-0.05, 0) is 25.7 Å². The summed E-state index contributed by atoms with van der Waals surface area (Å²) in [5.41, 5.74) is 1.29. The molecule has 0 fully saturated rings. The van der Waals surface area contributed by atoms with E-state index in [9.17, 15) is 9.59 Å². The monoisotopic (exact) mass is 252 g/mol. The van der Waals surface area contributed by atoms with Gasteiger partial charge in [-0.2, -0.15) is 0 Å². The summed E-state index contributed by atoms with van der Waals surface area (Å²) >= 11 is 0. The van der Waals surface area contributed by atoms with Gasteiger partial charge in [-0.3, -0.25) is 0 Å². The minimum atomic E-state index is -0.401. The third-order valence-electron chi connectivity index (χ3n) is 3.35. The molecule has 0 saturated heterocycles. The molecule has 1 heterocycles. The summed E-state index contributed by atoms with van der Waals surface area (Å²) in [6.07, 6.45) is 9.01. The fourth-order valence-electron chi connectivity index (χ4n) is 2.24. The lowest BCUT2D eigenvalue weighted by molar-refractivity contribution is -0.151. The maximum absolute atomic E-state index is 11.6. The van der Waals surface area contributed by atoms with Crippen molar-refractivity contribution in [2.24, 2.45) is 0 Å². The van der Waals surface area contributed by atoms with Crippen LogP contribution in [0.3, 0.4) is 0 Å². The molecule has 0 aromatic heterocycles. The fourth-order valence-corrected chi connectivity index (χ4v) is 2.24. The summed E-state index contributed by atoms with van der Waals surface area (Å²) in [6.45, 7) is 4.28. The average molecular weight is 252 g/mol. The van der Waals surface area contributed by atoms with Gasteiger partial charge in [-0.25, -0.2) is 9.59 Å². The Morgan fingerprint density at radius 1 is 0.722 bits per heavy atom. The van der Waals surface area contributed by atoms with E-state index < -0.39 is 11.9 Å². The summed E-state index contributed by atoms with van der Waals surface area (Å²) < 4.78 is 4.72. The molecule has 18 heavy (non-hydrogen) atoms. The Balaban J connectivity index is 2.54. The van der Waals surface area contributed by atoms with Crippen LogP contribution in [0, 0.1) is 0 Å². The van der Waals surface area contributed by atoms with Gasteiger partial charge in [0.05, 0.1) is 0 Å². The zero-order valence-corrected chi connectivity index (χ0v) is 11.6. The molecule has 0 N–H and O–H groups in total. The highest BCUT2D eigenvalue weighted by Crippen LogP contribution is 2.26. The van der Waals surface area contributed by atoms with Gasteiger partial charge in [-0.15, -0.1) is 0 Å². The molecule has 3 nitrogen and oxygen atoms in total. The summed E-state index contributed by atoms with van der Waals surface area (Å²) in [5.74, 6) is -0.801. The molecule has 0 spiro atoms. The van der Waals surface area contributed by atoms with E-state index in [4.69, 9.17) is 4.74 Å². The standard InChI is InChI=1S/C15H24O3/c1-3-5-7-9-11-13-12(10-8-6-4-2)14(16)18-15(13)17/h3-11H2,1-2H3. The highest BCUT2D eigenvalue weighted by molar-refractivity contribution is 6.12. The van der Waals surface area contributed by atoms with Gasteiger partial charge in [0, 0.05) is 11.1 Å². The van der Waals surface area contributed by atoms with Crippen LogP contribution in [0.4, 0.5) is 0 Å². The van der Waals surface area contributed by atoms with E-state index in [1.807, 2.05) is 0 Å². The predicted octanol–water partition coefficient (Wildman–Crippen LogP) is 3.92.